The highest BCUT2D eigenvalue weighted by Gasteiger charge is 2.23. The van der Waals surface area contributed by atoms with Gasteiger partial charge in [0.15, 0.2) is 5.16 Å². The number of H-pyrrole nitrogens is 1. The summed E-state index contributed by atoms with van der Waals surface area (Å²) in [5.74, 6) is 0. The summed E-state index contributed by atoms with van der Waals surface area (Å²) in [6.07, 6.45) is 2.10. The first-order chi connectivity index (χ1) is 8.34. The molecule has 98 valence electrons. The molecule has 18 heavy (non-hydrogen) atoms. The quantitative estimate of drug-likeness (QED) is 0.885. The fourth-order valence-electron chi connectivity index (χ4n) is 2.19. The van der Waals surface area contributed by atoms with Crippen molar-refractivity contribution in [3.05, 3.63) is 24.3 Å². The minimum Gasteiger partial charge on any atom is -0.331 e. The van der Waals surface area contributed by atoms with E-state index in [9.17, 15) is 4.21 Å². The van der Waals surface area contributed by atoms with E-state index in [0.717, 1.165) is 37.0 Å². The average Bonchev–Trinajstić information content (AvgIpc) is 2.82. The van der Waals surface area contributed by atoms with Crippen LogP contribution in [-0.4, -0.2) is 32.5 Å². The van der Waals surface area contributed by atoms with Gasteiger partial charge in [0.05, 0.1) is 27.1 Å². The van der Waals surface area contributed by atoms with Gasteiger partial charge in [-0.25, -0.2) is 4.98 Å². The lowest BCUT2D eigenvalue weighted by atomic mass is 10.2. The van der Waals surface area contributed by atoms with E-state index in [1.807, 2.05) is 24.3 Å². The van der Waals surface area contributed by atoms with E-state index >= 15 is 0 Å². The maximum atomic E-state index is 12.3. The molecule has 0 bridgehead atoms. The van der Waals surface area contributed by atoms with E-state index < -0.39 is 10.8 Å². The Balaban J connectivity index is 0.00000120. The third-order valence-electron chi connectivity index (χ3n) is 3.11. The maximum Gasteiger partial charge on any atom is 0.197 e. The molecule has 2 aromatic rings. The number of nitrogens with one attached hydrogen (secondary N) is 2. The summed E-state index contributed by atoms with van der Waals surface area (Å²) in [5, 5.41) is 4.08. The fraction of sp³-hybridized carbons (Fsp3) is 0.417. The Morgan fingerprint density at radius 1 is 1.33 bits per heavy atom. The number of aromatic amines is 1. The van der Waals surface area contributed by atoms with E-state index in [1.54, 1.807) is 0 Å². The molecule has 2 unspecified atom stereocenters. The van der Waals surface area contributed by atoms with Crippen LogP contribution in [0, 0.1) is 0 Å². The predicted octanol–water partition coefficient (Wildman–Crippen LogP) is 1.84. The Bertz CT molecular complexity index is 518. The van der Waals surface area contributed by atoms with Crippen LogP contribution in [0.5, 0.6) is 0 Å². The van der Waals surface area contributed by atoms with Crippen molar-refractivity contribution in [2.24, 2.45) is 0 Å². The average molecular weight is 286 g/mol. The first kappa shape index (κ1) is 13.5. The predicted molar refractivity (Wildman–Crippen MR) is 75.6 cm³/mol. The molecule has 4 nitrogen and oxygen atoms in total. The van der Waals surface area contributed by atoms with Gasteiger partial charge >= 0.3 is 0 Å². The highest BCUT2D eigenvalue weighted by atomic mass is 35.5. The molecule has 1 saturated heterocycles. The Morgan fingerprint density at radius 2 is 2.17 bits per heavy atom. The summed E-state index contributed by atoms with van der Waals surface area (Å²) in [6.45, 7) is 1.86. The number of hydrogen-bond acceptors (Lipinski definition) is 3. The minimum absolute atomic E-state index is 0. The monoisotopic (exact) mass is 285 g/mol. The summed E-state index contributed by atoms with van der Waals surface area (Å²) >= 11 is 0. The third kappa shape index (κ3) is 2.58. The lowest BCUT2D eigenvalue weighted by Crippen LogP contribution is -2.36. The second-order valence-electron chi connectivity index (χ2n) is 4.32. The zero-order valence-corrected chi connectivity index (χ0v) is 11.5. The van der Waals surface area contributed by atoms with Crippen molar-refractivity contribution in [1.29, 1.82) is 0 Å². The minimum atomic E-state index is -1.03. The SMILES string of the molecule is Cl.O=S(c1nc2ccccc2[nH]1)C1CCCNC1. The van der Waals surface area contributed by atoms with Crippen molar-refractivity contribution in [3.8, 4) is 0 Å². The van der Waals surface area contributed by atoms with Gasteiger partial charge in [-0.15, -0.1) is 12.4 Å². The molecule has 0 radical (unpaired) electrons. The first-order valence-electron chi connectivity index (χ1n) is 5.90. The van der Waals surface area contributed by atoms with Crippen molar-refractivity contribution in [2.45, 2.75) is 23.2 Å². The van der Waals surface area contributed by atoms with Crippen LogP contribution in [0.4, 0.5) is 0 Å². The van der Waals surface area contributed by atoms with Gasteiger partial charge in [-0.1, -0.05) is 12.1 Å². The molecular weight excluding hydrogens is 270 g/mol. The second-order valence-corrected chi connectivity index (χ2v) is 5.97. The number of imidazole rings is 1. The van der Waals surface area contributed by atoms with Crippen molar-refractivity contribution in [1.82, 2.24) is 15.3 Å². The summed E-state index contributed by atoms with van der Waals surface area (Å²) in [7, 11) is -1.03. The van der Waals surface area contributed by atoms with Crippen LogP contribution in [0.2, 0.25) is 0 Å². The highest BCUT2D eigenvalue weighted by Crippen LogP contribution is 2.18. The summed E-state index contributed by atoms with van der Waals surface area (Å²) in [5.41, 5.74) is 1.85. The Morgan fingerprint density at radius 3 is 2.89 bits per heavy atom. The maximum absolute atomic E-state index is 12.3. The number of fused-ring (bicyclic) bond motifs is 1. The van der Waals surface area contributed by atoms with Crippen LogP contribution >= 0.6 is 12.4 Å². The molecule has 0 saturated carbocycles. The van der Waals surface area contributed by atoms with Crippen LogP contribution in [0.15, 0.2) is 29.4 Å². The summed E-state index contributed by atoms with van der Waals surface area (Å²) < 4.78 is 12.3. The molecule has 1 fully saturated rings. The molecule has 1 aliphatic rings. The van der Waals surface area contributed by atoms with Crippen LogP contribution in [0.3, 0.4) is 0 Å². The molecule has 2 heterocycles. The molecule has 2 atom stereocenters. The van der Waals surface area contributed by atoms with E-state index in [2.05, 4.69) is 15.3 Å². The zero-order chi connectivity index (χ0) is 11.7. The van der Waals surface area contributed by atoms with Gasteiger partial charge in [0, 0.05) is 6.54 Å². The van der Waals surface area contributed by atoms with E-state index in [1.165, 1.54) is 0 Å². The van der Waals surface area contributed by atoms with Gasteiger partial charge in [-0.2, -0.15) is 0 Å². The third-order valence-corrected chi connectivity index (χ3v) is 4.69. The Labute approximate surface area is 114 Å². The Kier molecular flexibility index (Phi) is 4.37. The number of piperidine rings is 1. The topological polar surface area (TPSA) is 57.8 Å². The zero-order valence-electron chi connectivity index (χ0n) is 9.89. The smallest absolute Gasteiger partial charge is 0.197 e. The molecule has 6 heteroatoms. The Hall–Kier alpha value is -0.910. The molecule has 0 amide bonds. The molecule has 0 spiro atoms. The molecular formula is C12H16ClN3OS. The van der Waals surface area contributed by atoms with Gasteiger partial charge in [0.1, 0.15) is 0 Å². The summed E-state index contributed by atoms with van der Waals surface area (Å²) in [6, 6.07) is 7.79. The molecule has 1 aliphatic heterocycles. The number of hydrogen-bond donors (Lipinski definition) is 2. The standard InChI is InChI=1S/C12H15N3OS.ClH/c16-17(9-4-3-7-13-8-9)12-14-10-5-1-2-6-11(10)15-12;/h1-2,5-6,9,13H,3-4,7-8H2,(H,14,15);1H. The van der Waals surface area contributed by atoms with E-state index in [-0.39, 0.29) is 17.7 Å². The van der Waals surface area contributed by atoms with Crippen molar-refractivity contribution in [3.63, 3.8) is 0 Å². The van der Waals surface area contributed by atoms with Gasteiger partial charge in [0.25, 0.3) is 0 Å². The van der Waals surface area contributed by atoms with Gasteiger partial charge in [0.2, 0.25) is 0 Å². The molecule has 2 N–H and O–H groups in total. The molecule has 3 rings (SSSR count). The van der Waals surface area contributed by atoms with Crippen molar-refractivity contribution < 1.29 is 4.21 Å². The molecule has 1 aromatic heterocycles. The number of aromatic nitrogens is 2. The fourth-order valence-corrected chi connectivity index (χ4v) is 3.55. The van der Waals surface area contributed by atoms with Crippen LogP contribution < -0.4 is 5.32 Å². The molecule has 1 aromatic carbocycles. The lowest BCUT2D eigenvalue weighted by Gasteiger charge is -2.20. The van der Waals surface area contributed by atoms with Crippen LogP contribution in [-0.2, 0) is 10.8 Å². The number of rotatable bonds is 2. The van der Waals surface area contributed by atoms with Crippen LogP contribution in [0.1, 0.15) is 12.8 Å². The second kappa shape index (κ2) is 5.82. The first-order valence-corrected chi connectivity index (χ1v) is 7.12. The number of para-hydroxylation sites is 2. The van der Waals surface area contributed by atoms with E-state index in [0.29, 0.717) is 5.16 Å². The molecule has 0 aliphatic carbocycles. The van der Waals surface area contributed by atoms with Crippen LogP contribution in [0.25, 0.3) is 11.0 Å². The largest absolute Gasteiger partial charge is 0.331 e. The number of nitrogens with zero attached hydrogens (tertiary/aromatic N) is 1. The van der Waals surface area contributed by atoms with Crippen molar-refractivity contribution in [2.75, 3.05) is 13.1 Å². The highest BCUT2D eigenvalue weighted by molar-refractivity contribution is 7.85. The van der Waals surface area contributed by atoms with Gasteiger partial charge in [-0.05, 0) is 31.5 Å². The number of halogens is 1. The number of benzene rings is 1. The normalized spacial score (nSPS) is 21.4. The van der Waals surface area contributed by atoms with Gasteiger partial charge in [-0.3, -0.25) is 4.21 Å². The lowest BCUT2D eigenvalue weighted by molar-refractivity contribution is 0.518. The van der Waals surface area contributed by atoms with Crippen molar-refractivity contribution >= 4 is 34.2 Å². The summed E-state index contributed by atoms with van der Waals surface area (Å²) in [4.78, 5) is 7.56. The van der Waals surface area contributed by atoms with E-state index in [4.69, 9.17) is 0 Å². The van der Waals surface area contributed by atoms with Gasteiger partial charge < -0.3 is 10.3 Å².